The molecule has 0 fully saturated rings. The fourth-order valence-electron chi connectivity index (χ4n) is 1.19. The third-order valence-electron chi connectivity index (χ3n) is 2.20. The third-order valence-corrected chi connectivity index (χ3v) is 4.13. The number of carbonyl (C=O) groups is 1. The van der Waals surface area contributed by atoms with Crippen molar-refractivity contribution in [2.45, 2.75) is 6.92 Å². The molecule has 0 aliphatic carbocycles. The fourth-order valence-corrected chi connectivity index (χ4v) is 2.09. The van der Waals surface area contributed by atoms with Gasteiger partial charge < -0.3 is 9.26 Å². The molecule has 5 heteroatoms. The van der Waals surface area contributed by atoms with Gasteiger partial charge >= 0.3 is 5.97 Å². The summed E-state index contributed by atoms with van der Waals surface area (Å²) < 4.78 is 21.6. The molecule has 0 N–H and O–H groups in total. The predicted molar refractivity (Wildman–Crippen MR) is 62.6 cm³/mol. The average Bonchev–Trinajstić information content (AvgIpc) is 2.29. The molecule has 0 aliphatic heterocycles. The van der Waals surface area contributed by atoms with Gasteiger partial charge in [-0.1, -0.05) is 0 Å². The van der Waals surface area contributed by atoms with Gasteiger partial charge in [0, 0.05) is 19.1 Å². The minimum atomic E-state index is -2.74. The molecule has 0 aromatic heterocycles. The van der Waals surface area contributed by atoms with Gasteiger partial charge in [0.05, 0.1) is 12.2 Å². The predicted octanol–water partition coefficient (Wildman–Crippen LogP) is 2.04. The molecule has 0 amide bonds. The Kier molecular flexibility index (Phi) is 4.27. The molecule has 0 radical (unpaired) electrons. The van der Waals surface area contributed by atoms with E-state index in [9.17, 15) is 9.36 Å². The molecular formula is C11H15O4P. The van der Waals surface area contributed by atoms with E-state index in [-0.39, 0.29) is 5.97 Å². The zero-order valence-corrected chi connectivity index (χ0v) is 10.5. The minimum absolute atomic E-state index is 0.338. The highest BCUT2D eigenvalue weighted by atomic mass is 31.2. The van der Waals surface area contributed by atoms with E-state index >= 15 is 0 Å². The molecule has 0 saturated carbocycles. The first-order valence-electron chi connectivity index (χ1n) is 4.92. The van der Waals surface area contributed by atoms with Crippen molar-refractivity contribution in [2.75, 3.05) is 20.4 Å². The second-order valence-electron chi connectivity index (χ2n) is 3.30. The largest absolute Gasteiger partial charge is 0.462 e. The normalized spacial score (nSPS) is 14.2. The fraction of sp³-hybridized carbons (Fsp3) is 0.364. The molecule has 1 atom stereocenters. The van der Waals surface area contributed by atoms with Crippen LogP contribution in [0.3, 0.4) is 0 Å². The highest BCUT2D eigenvalue weighted by Gasteiger charge is 2.17. The summed E-state index contributed by atoms with van der Waals surface area (Å²) >= 11 is 0. The van der Waals surface area contributed by atoms with Crippen molar-refractivity contribution >= 4 is 18.6 Å². The van der Waals surface area contributed by atoms with Crippen molar-refractivity contribution in [1.82, 2.24) is 0 Å². The van der Waals surface area contributed by atoms with Crippen molar-refractivity contribution < 1.29 is 18.6 Å². The molecule has 16 heavy (non-hydrogen) atoms. The second-order valence-corrected chi connectivity index (χ2v) is 5.87. The van der Waals surface area contributed by atoms with E-state index in [1.807, 2.05) is 0 Å². The lowest BCUT2D eigenvalue weighted by molar-refractivity contribution is 0.0526. The van der Waals surface area contributed by atoms with Crippen molar-refractivity contribution in [3.8, 4) is 0 Å². The molecule has 88 valence electrons. The molecule has 0 spiro atoms. The standard InChI is InChI=1S/C11H15O4P/c1-4-15-11(12)9-5-7-10(8-6-9)16(3,13)14-2/h5-8H,4H2,1-3H3. The van der Waals surface area contributed by atoms with Gasteiger partial charge in [-0.25, -0.2) is 4.79 Å². The summed E-state index contributed by atoms with van der Waals surface area (Å²) in [5.74, 6) is -0.377. The molecule has 4 nitrogen and oxygen atoms in total. The highest BCUT2D eigenvalue weighted by molar-refractivity contribution is 7.66. The Morgan fingerprint density at radius 2 is 1.88 bits per heavy atom. The first-order valence-corrected chi connectivity index (χ1v) is 6.99. The summed E-state index contributed by atoms with van der Waals surface area (Å²) in [6.45, 7) is 3.62. The monoisotopic (exact) mass is 242 g/mol. The Bertz CT molecular complexity index is 410. The van der Waals surface area contributed by atoms with Crippen LogP contribution in [-0.4, -0.2) is 26.4 Å². The van der Waals surface area contributed by atoms with E-state index in [0.29, 0.717) is 17.5 Å². The number of esters is 1. The Labute approximate surface area is 95.0 Å². The minimum Gasteiger partial charge on any atom is -0.462 e. The zero-order valence-electron chi connectivity index (χ0n) is 9.60. The van der Waals surface area contributed by atoms with Gasteiger partial charge in [-0.3, -0.25) is 4.57 Å². The maximum absolute atomic E-state index is 11.9. The summed E-state index contributed by atoms with van der Waals surface area (Å²) in [5.41, 5.74) is 0.446. The van der Waals surface area contributed by atoms with Gasteiger partial charge in [-0.15, -0.1) is 0 Å². The van der Waals surface area contributed by atoms with E-state index < -0.39 is 7.37 Å². The Hall–Kier alpha value is -1.12. The molecule has 1 aromatic rings. The Balaban J connectivity index is 2.91. The summed E-state index contributed by atoms with van der Waals surface area (Å²) in [7, 11) is -1.34. The average molecular weight is 242 g/mol. The second kappa shape index (κ2) is 5.28. The van der Waals surface area contributed by atoms with Gasteiger partial charge in [-0.05, 0) is 31.2 Å². The molecule has 0 bridgehead atoms. The number of hydrogen-bond acceptors (Lipinski definition) is 4. The summed E-state index contributed by atoms with van der Waals surface area (Å²) in [4.78, 5) is 11.4. The quantitative estimate of drug-likeness (QED) is 0.599. The van der Waals surface area contributed by atoms with Crippen LogP contribution in [0, 0.1) is 0 Å². The lowest BCUT2D eigenvalue weighted by Crippen LogP contribution is -2.09. The maximum atomic E-state index is 11.9. The van der Waals surface area contributed by atoms with Crippen LogP contribution in [0.5, 0.6) is 0 Å². The van der Waals surface area contributed by atoms with Crippen LogP contribution in [0.4, 0.5) is 0 Å². The van der Waals surface area contributed by atoms with E-state index in [2.05, 4.69) is 0 Å². The first kappa shape index (κ1) is 12.9. The summed E-state index contributed by atoms with van der Waals surface area (Å²) in [6.07, 6.45) is 0. The Morgan fingerprint density at radius 3 is 2.31 bits per heavy atom. The SMILES string of the molecule is CCOC(=O)c1ccc(P(C)(=O)OC)cc1. The maximum Gasteiger partial charge on any atom is 0.338 e. The zero-order chi connectivity index (χ0) is 12.2. The first-order chi connectivity index (χ1) is 7.51. The molecule has 0 saturated heterocycles. The Morgan fingerprint density at radius 1 is 1.31 bits per heavy atom. The van der Waals surface area contributed by atoms with Crippen LogP contribution in [0.2, 0.25) is 0 Å². The van der Waals surface area contributed by atoms with Gasteiger partial charge in [0.25, 0.3) is 0 Å². The lowest BCUT2D eigenvalue weighted by Gasteiger charge is -2.10. The van der Waals surface area contributed by atoms with Crippen molar-refractivity contribution in [3.63, 3.8) is 0 Å². The number of hydrogen-bond donors (Lipinski definition) is 0. The van der Waals surface area contributed by atoms with Crippen LogP contribution in [0.25, 0.3) is 0 Å². The number of benzene rings is 1. The van der Waals surface area contributed by atoms with E-state index in [0.717, 1.165) is 0 Å². The molecule has 1 rings (SSSR count). The number of ether oxygens (including phenoxy) is 1. The van der Waals surface area contributed by atoms with Crippen LogP contribution in [0.1, 0.15) is 17.3 Å². The molecule has 0 heterocycles. The molecular weight excluding hydrogens is 227 g/mol. The van der Waals surface area contributed by atoms with Gasteiger partial charge in [0.15, 0.2) is 0 Å². The third kappa shape index (κ3) is 2.94. The summed E-state index contributed by atoms with van der Waals surface area (Å²) in [6, 6.07) is 6.41. The van der Waals surface area contributed by atoms with Crippen LogP contribution in [-0.2, 0) is 13.8 Å². The van der Waals surface area contributed by atoms with Gasteiger partial charge in [0.1, 0.15) is 0 Å². The molecule has 1 aromatic carbocycles. The van der Waals surface area contributed by atoms with Crippen LogP contribution >= 0.6 is 7.37 Å². The van der Waals surface area contributed by atoms with Crippen molar-refractivity contribution in [3.05, 3.63) is 29.8 Å². The van der Waals surface area contributed by atoms with E-state index in [4.69, 9.17) is 9.26 Å². The summed E-state index contributed by atoms with van der Waals surface area (Å²) in [5, 5.41) is 0.586. The lowest BCUT2D eigenvalue weighted by atomic mass is 10.2. The van der Waals surface area contributed by atoms with Gasteiger partial charge in [0.2, 0.25) is 7.37 Å². The van der Waals surface area contributed by atoms with E-state index in [1.165, 1.54) is 13.8 Å². The number of carbonyl (C=O) groups excluding carboxylic acids is 1. The topological polar surface area (TPSA) is 52.6 Å². The van der Waals surface area contributed by atoms with Crippen LogP contribution in [0.15, 0.2) is 24.3 Å². The van der Waals surface area contributed by atoms with Crippen LogP contribution < -0.4 is 5.30 Å². The van der Waals surface area contributed by atoms with Crippen molar-refractivity contribution in [2.24, 2.45) is 0 Å². The highest BCUT2D eigenvalue weighted by Crippen LogP contribution is 2.39. The molecule has 0 aliphatic rings. The van der Waals surface area contributed by atoms with E-state index in [1.54, 1.807) is 31.2 Å². The number of rotatable bonds is 4. The van der Waals surface area contributed by atoms with Crippen molar-refractivity contribution in [1.29, 1.82) is 0 Å². The smallest absolute Gasteiger partial charge is 0.338 e. The van der Waals surface area contributed by atoms with Gasteiger partial charge in [-0.2, -0.15) is 0 Å². The molecule has 1 unspecified atom stereocenters.